The van der Waals surface area contributed by atoms with E-state index in [1.54, 1.807) is 20.3 Å². The van der Waals surface area contributed by atoms with Gasteiger partial charge in [-0.1, -0.05) is 6.92 Å². The van der Waals surface area contributed by atoms with Crippen molar-refractivity contribution in [1.82, 2.24) is 0 Å². The van der Waals surface area contributed by atoms with Crippen LogP contribution in [-0.4, -0.2) is 30.1 Å². The zero-order chi connectivity index (χ0) is 12.1. The molecule has 0 saturated heterocycles. The second-order valence-electron chi connectivity index (χ2n) is 3.33. The molecule has 0 amide bonds. The van der Waals surface area contributed by atoms with Crippen molar-refractivity contribution >= 4 is 8.60 Å². The molecule has 5 nitrogen and oxygen atoms in total. The van der Waals surface area contributed by atoms with Gasteiger partial charge < -0.3 is 23.8 Å². The third-order valence-corrected chi connectivity index (χ3v) is 2.87. The van der Waals surface area contributed by atoms with Crippen LogP contribution in [0.15, 0.2) is 23.2 Å². The van der Waals surface area contributed by atoms with Gasteiger partial charge >= 0.3 is 8.60 Å². The molecule has 1 aliphatic rings. The van der Waals surface area contributed by atoms with Crippen LogP contribution in [-0.2, 0) is 14.0 Å². The largest absolute Gasteiger partial charge is 0.497 e. The number of allylic oxidation sites excluding steroid dienone is 1. The molecule has 0 heterocycles. The highest BCUT2D eigenvalue weighted by Crippen LogP contribution is 2.36. The summed E-state index contributed by atoms with van der Waals surface area (Å²) in [5, 5.41) is 0. The van der Waals surface area contributed by atoms with E-state index in [1.807, 2.05) is 6.92 Å². The zero-order valence-electron chi connectivity index (χ0n) is 9.64. The van der Waals surface area contributed by atoms with E-state index in [9.17, 15) is 0 Å². The van der Waals surface area contributed by atoms with E-state index < -0.39 is 8.60 Å². The summed E-state index contributed by atoms with van der Waals surface area (Å²) < 4.78 is 15.4. The maximum atomic E-state index is 8.81. The molecular formula is C10H17O5P. The molecule has 1 rings (SSSR count). The van der Waals surface area contributed by atoms with Crippen molar-refractivity contribution in [2.24, 2.45) is 0 Å². The molecule has 0 fully saturated rings. The molecule has 92 valence electrons. The Morgan fingerprint density at radius 1 is 1.44 bits per heavy atom. The number of ether oxygens (including phenoxy) is 2. The lowest BCUT2D eigenvalue weighted by molar-refractivity contribution is 0.109. The fourth-order valence-electron chi connectivity index (χ4n) is 1.75. The molecule has 0 aliphatic heterocycles. The van der Waals surface area contributed by atoms with Crippen molar-refractivity contribution in [3.63, 3.8) is 0 Å². The van der Waals surface area contributed by atoms with Gasteiger partial charge in [-0.25, -0.2) is 0 Å². The van der Waals surface area contributed by atoms with Gasteiger partial charge in [-0.2, -0.15) is 0 Å². The molecule has 0 saturated carbocycles. The quantitative estimate of drug-likeness (QED) is 0.726. The van der Waals surface area contributed by atoms with Gasteiger partial charge in [-0.3, -0.25) is 0 Å². The fraction of sp³-hybridized carbons (Fsp3) is 0.600. The van der Waals surface area contributed by atoms with Crippen LogP contribution in [0.3, 0.4) is 0 Å². The highest BCUT2D eigenvalue weighted by atomic mass is 31.2. The molecular weight excluding hydrogens is 231 g/mol. The van der Waals surface area contributed by atoms with Crippen molar-refractivity contribution < 1.29 is 23.8 Å². The lowest BCUT2D eigenvalue weighted by atomic mass is 9.96. The van der Waals surface area contributed by atoms with Gasteiger partial charge in [0.25, 0.3) is 0 Å². The van der Waals surface area contributed by atoms with E-state index in [-0.39, 0.29) is 6.10 Å². The Balaban J connectivity index is 2.92. The van der Waals surface area contributed by atoms with Crippen LogP contribution in [0.2, 0.25) is 0 Å². The summed E-state index contributed by atoms with van der Waals surface area (Å²) in [4.78, 5) is 17.6. The average Bonchev–Trinajstić information content (AvgIpc) is 2.26. The van der Waals surface area contributed by atoms with Crippen LogP contribution in [0, 0.1) is 0 Å². The summed E-state index contributed by atoms with van der Waals surface area (Å²) in [6.45, 7) is 2.02. The van der Waals surface area contributed by atoms with Gasteiger partial charge in [0.1, 0.15) is 11.5 Å². The second-order valence-corrected chi connectivity index (χ2v) is 4.02. The average molecular weight is 248 g/mol. The maximum absolute atomic E-state index is 8.81. The Bertz CT molecular complexity index is 298. The van der Waals surface area contributed by atoms with Crippen LogP contribution < -0.4 is 0 Å². The van der Waals surface area contributed by atoms with E-state index >= 15 is 0 Å². The van der Waals surface area contributed by atoms with Crippen LogP contribution >= 0.6 is 8.60 Å². The van der Waals surface area contributed by atoms with Gasteiger partial charge in [-0.05, 0) is 6.42 Å². The maximum Gasteiger partial charge on any atom is 0.391 e. The predicted molar refractivity (Wildman–Crippen MR) is 60.3 cm³/mol. The Labute approximate surface area is 96.3 Å². The molecule has 1 aliphatic carbocycles. The highest BCUT2D eigenvalue weighted by Gasteiger charge is 2.25. The summed E-state index contributed by atoms with van der Waals surface area (Å²) in [6.07, 6.45) is 2.86. The Hall–Kier alpha value is -0.610. The van der Waals surface area contributed by atoms with Crippen molar-refractivity contribution in [2.75, 3.05) is 14.2 Å². The monoisotopic (exact) mass is 248 g/mol. The van der Waals surface area contributed by atoms with Gasteiger partial charge in [0.05, 0.1) is 13.2 Å². The Morgan fingerprint density at radius 3 is 2.56 bits per heavy atom. The summed E-state index contributed by atoms with van der Waals surface area (Å²) in [5.41, 5.74) is 1.05. The third-order valence-electron chi connectivity index (χ3n) is 2.47. The zero-order valence-corrected chi connectivity index (χ0v) is 10.5. The first-order valence-electron chi connectivity index (χ1n) is 4.98. The van der Waals surface area contributed by atoms with E-state index in [4.69, 9.17) is 23.8 Å². The van der Waals surface area contributed by atoms with Gasteiger partial charge in [0, 0.05) is 25.2 Å². The van der Waals surface area contributed by atoms with Crippen molar-refractivity contribution in [1.29, 1.82) is 0 Å². The van der Waals surface area contributed by atoms with Crippen LogP contribution in [0.5, 0.6) is 0 Å². The lowest BCUT2D eigenvalue weighted by Gasteiger charge is -2.26. The standard InChI is InChI=1S/C10H17O5P/c1-4-8-9(13-2)5-7(15-16(11)12)6-10(8)14-3/h5,10-12H,4,6H2,1-3H3. The topological polar surface area (TPSA) is 68.2 Å². The molecule has 2 N–H and O–H groups in total. The predicted octanol–water partition coefficient (Wildman–Crippen LogP) is 1.83. The summed E-state index contributed by atoms with van der Waals surface area (Å²) in [5.74, 6) is 1.14. The van der Waals surface area contributed by atoms with Gasteiger partial charge in [0.15, 0.2) is 0 Å². The first kappa shape index (κ1) is 13.5. The van der Waals surface area contributed by atoms with E-state index in [2.05, 4.69) is 0 Å². The van der Waals surface area contributed by atoms with E-state index in [1.165, 1.54) is 0 Å². The second kappa shape index (κ2) is 6.21. The minimum absolute atomic E-state index is 0.130. The molecule has 1 unspecified atom stereocenters. The summed E-state index contributed by atoms with van der Waals surface area (Å²) in [7, 11) is 0.784. The van der Waals surface area contributed by atoms with E-state index in [0.29, 0.717) is 17.9 Å². The van der Waals surface area contributed by atoms with Crippen molar-refractivity contribution in [3.8, 4) is 0 Å². The molecule has 6 heteroatoms. The number of hydrogen-bond donors (Lipinski definition) is 2. The molecule has 0 aromatic heterocycles. The van der Waals surface area contributed by atoms with Crippen LogP contribution in [0.1, 0.15) is 19.8 Å². The molecule has 16 heavy (non-hydrogen) atoms. The SMILES string of the molecule is CCC1=C(OC)C=C(OP(O)O)CC1OC. The Kier molecular flexibility index (Phi) is 5.22. The fourth-order valence-corrected chi connectivity index (χ4v) is 2.09. The first-order chi connectivity index (χ1) is 7.62. The molecule has 0 aromatic carbocycles. The normalized spacial score (nSPS) is 21.1. The summed E-state index contributed by atoms with van der Waals surface area (Å²) in [6, 6.07) is 0. The number of hydrogen-bond acceptors (Lipinski definition) is 5. The highest BCUT2D eigenvalue weighted by molar-refractivity contribution is 7.39. The van der Waals surface area contributed by atoms with Crippen LogP contribution in [0.25, 0.3) is 0 Å². The molecule has 0 spiro atoms. The van der Waals surface area contributed by atoms with Crippen molar-refractivity contribution in [2.45, 2.75) is 25.9 Å². The minimum atomic E-state index is -2.39. The van der Waals surface area contributed by atoms with E-state index in [0.717, 1.165) is 12.0 Å². The number of rotatable bonds is 5. The minimum Gasteiger partial charge on any atom is -0.497 e. The molecule has 0 bridgehead atoms. The smallest absolute Gasteiger partial charge is 0.391 e. The van der Waals surface area contributed by atoms with Gasteiger partial charge in [0.2, 0.25) is 0 Å². The first-order valence-corrected chi connectivity index (χ1v) is 6.15. The van der Waals surface area contributed by atoms with Crippen LogP contribution in [0.4, 0.5) is 0 Å². The molecule has 1 atom stereocenters. The number of methoxy groups -OCH3 is 2. The molecule has 0 aromatic rings. The van der Waals surface area contributed by atoms with Gasteiger partial charge in [-0.15, -0.1) is 0 Å². The third kappa shape index (κ3) is 3.19. The van der Waals surface area contributed by atoms with Crippen molar-refractivity contribution in [3.05, 3.63) is 23.2 Å². The molecule has 0 radical (unpaired) electrons. The lowest BCUT2D eigenvalue weighted by Crippen LogP contribution is -2.20. The summed E-state index contributed by atoms with van der Waals surface area (Å²) >= 11 is 0. The Morgan fingerprint density at radius 2 is 2.12 bits per heavy atom.